The third-order valence-corrected chi connectivity index (χ3v) is 3.34. The maximum absolute atomic E-state index is 11.2. The fourth-order valence-electron chi connectivity index (χ4n) is 2.56. The molecule has 0 bridgehead atoms. The molecule has 0 saturated heterocycles. The first-order valence-corrected chi connectivity index (χ1v) is 8.15. The van der Waals surface area contributed by atoms with Gasteiger partial charge in [0.25, 0.3) is 0 Å². The molecule has 0 unspecified atom stereocenters. The number of aliphatic carboxylic acids is 1. The lowest BCUT2D eigenvalue weighted by Gasteiger charge is -2.21. The number of hydrogen-bond donors (Lipinski definition) is 1. The molecule has 0 atom stereocenters. The minimum atomic E-state index is -0.865. The summed E-state index contributed by atoms with van der Waals surface area (Å²) in [5, 5.41) is 9.21. The Hall–Kier alpha value is -2.49. The van der Waals surface area contributed by atoms with Crippen molar-refractivity contribution in [2.24, 2.45) is 0 Å². The molecule has 0 amide bonds. The lowest BCUT2D eigenvalue weighted by atomic mass is 9.96. The van der Waals surface area contributed by atoms with Gasteiger partial charge in [-0.2, -0.15) is 0 Å². The number of carboxylic acids is 1. The molecule has 2 aromatic rings. The Kier molecular flexibility index (Phi) is 5.85. The van der Waals surface area contributed by atoms with E-state index >= 15 is 0 Å². The molecule has 4 heteroatoms. The van der Waals surface area contributed by atoms with E-state index in [0.717, 1.165) is 16.7 Å². The fraction of sp³-hybridized carbons (Fsp3) is 0.350. The molecule has 0 aliphatic carbocycles. The van der Waals surface area contributed by atoms with E-state index in [9.17, 15) is 9.90 Å². The third-order valence-electron chi connectivity index (χ3n) is 3.34. The van der Waals surface area contributed by atoms with E-state index in [1.165, 1.54) is 0 Å². The van der Waals surface area contributed by atoms with Crippen LogP contribution in [0.4, 0.5) is 0 Å². The van der Waals surface area contributed by atoms with Crippen LogP contribution in [0.2, 0.25) is 0 Å². The van der Waals surface area contributed by atoms with Gasteiger partial charge in [0.05, 0.1) is 24.2 Å². The standard InChI is InChI=1S/C20H24O4/c1-13(2)23-17-10-7-11-18(24-14(3)4)20(17)16-9-6-5-8-15(16)12-19(21)22/h5-11,13-14H,12H2,1-4H3,(H,21,22). The quantitative estimate of drug-likeness (QED) is 0.810. The second-order valence-electron chi connectivity index (χ2n) is 6.19. The summed E-state index contributed by atoms with van der Waals surface area (Å²) < 4.78 is 11.9. The summed E-state index contributed by atoms with van der Waals surface area (Å²) in [4.78, 5) is 11.2. The Bertz CT molecular complexity index is 676. The summed E-state index contributed by atoms with van der Waals surface area (Å²) in [6.07, 6.45) is -0.0396. The van der Waals surface area contributed by atoms with Crippen LogP contribution in [0, 0.1) is 0 Å². The smallest absolute Gasteiger partial charge is 0.307 e. The maximum atomic E-state index is 11.2. The molecular weight excluding hydrogens is 304 g/mol. The van der Waals surface area contributed by atoms with Gasteiger partial charge in [-0.15, -0.1) is 0 Å². The molecule has 0 aliphatic heterocycles. The van der Waals surface area contributed by atoms with Crippen molar-refractivity contribution in [1.82, 2.24) is 0 Å². The molecular formula is C20H24O4. The van der Waals surface area contributed by atoms with Gasteiger partial charge in [-0.3, -0.25) is 4.79 Å². The first-order valence-electron chi connectivity index (χ1n) is 8.15. The Morgan fingerprint density at radius 2 is 1.46 bits per heavy atom. The topological polar surface area (TPSA) is 55.8 Å². The van der Waals surface area contributed by atoms with Crippen LogP contribution in [0.1, 0.15) is 33.3 Å². The van der Waals surface area contributed by atoms with Gasteiger partial charge in [-0.1, -0.05) is 30.3 Å². The molecule has 128 valence electrons. The van der Waals surface area contributed by atoms with Gasteiger partial charge < -0.3 is 14.6 Å². The van der Waals surface area contributed by atoms with Crippen LogP contribution >= 0.6 is 0 Å². The normalized spacial score (nSPS) is 10.9. The van der Waals surface area contributed by atoms with Crippen molar-refractivity contribution in [3.63, 3.8) is 0 Å². The van der Waals surface area contributed by atoms with Gasteiger partial charge in [0.2, 0.25) is 0 Å². The number of carbonyl (C=O) groups is 1. The average molecular weight is 328 g/mol. The van der Waals surface area contributed by atoms with Crippen LogP contribution in [0.15, 0.2) is 42.5 Å². The fourth-order valence-corrected chi connectivity index (χ4v) is 2.56. The SMILES string of the molecule is CC(C)Oc1cccc(OC(C)C)c1-c1ccccc1CC(=O)O. The van der Waals surface area contributed by atoms with Crippen LogP contribution < -0.4 is 9.47 Å². The zero-order valence-electron chi connectivity index (χ0n) is 14.6. The molecule has 0 fully saturated rings. The van der Waals surface area contributed by atoms with E-state index in [-0.39, 0.29) is 18.6 Å². The molecule has 0 saturated carbocycles. The number of rotatable bonds is 7. The van der Waals surface area contributed by atoms with Gasteiger partial charge in [0.1, 0.15) is 11.5 Å². The highest BCUT2D eigenvalue weighted by atomic mass is 16.5. The number of ether oxygens (including phenoxy) is 2. The van der Waals surface area contributed by atoms with Crippen LogP contribution in [-0.2, 0) is 11.2 Å². The van der Waals surface area contributed by atoms with Gasteiger partial charge in [0, 0.05) is 0 Å². The van der Waals surface area contributed by atoms with E-state index < -0.39 is 5.97 Å². The Morgan fingerprint density at radius 1 is 0.917 bits per heavy atom. The zero-order chi connectivity index (χ0) is 17.7. The maximum Gasteiger partial charge on any atom is 0.307 e. The van der Waals surface area contributed by atoms with Gasteiger partial charge in [-0.25, -0.2) is 0 Å². The van der Waals surface area contributed by atoms with Crippen LogP contribution in [-0.4, -0.2) is 23.3 Å². The van der Waals surface area contributed by atoms with Gasteiger partial charge in [0.15, 0.2) is 0 Å². The van der Waals surface area contributed by atoms with E-state index in [0.29, 0.717) is 11.5 Å². The molecule has 0 heterocycles. The van der Waals surface area contributed by atoms with Crippen molar-refractivity contribution in [3.05, 3.63) is 48.0 Å². The van der Waals surface area contributed by atoms with E-state index in [1.807, 2.05) is 70.2 Å². The predicted molar refractivity (Wildman–Crippen MR) is 94.7 cm³/mol. The van der Waals surface area contributed by atoms with E-state index in [4.69, 9.17) is 9.47 Å². The van der Waals surface area contributed by atoms with Gasteiger partial charge >= 0.3 is 5.97 Å². The minimum absolute atomic E-state index is 0.00434. The summed E-state index contributed by atoms with van der Waals surface area (Å²) in [6.45, 7) is 7.84. The van der Waals surface area contributed by atoms with Crippen molar-refractivity contribution in [1.29, 1.82) is 0 Å². The van der Waals surface area contributed by atoms with Crippen molar-refractivity contribution < 1.29 is 19.4 Å². The Labute approximate surface area is 143 Å². The highest BCUT2D eigenvalue weighted by Crippen LogP contribution is 2.41. The third kappa shape index (κ3) is 4.51. The largest absolute Gasteiger partial charge is 0.490 e. The molecule has 0 aromatic heterocycles. The van der Waals surface area contributed by atoms with Crippen LogP contribution in [0.3, 0.4) is 0 Å². The van der Waals surface area contributed by atoms with Crippen molar-refractivity contribution in [2.45, 2.75) is 46.3 Å². The lowest BCUT2D eigenvalue weighted by Crippen LogP contribution is -2.11. The second-order valence-corrected chi connectivity index (χ2v) is 6.19. The molecule has 2 rings (SSSR count). The molecule has 4 nitrogen and oxygen atoms in total. The van der Waals surface area contributed by atoms with E-state index in [2.05, 4.69) is 0 Å². The summed E-state index contributed by atoms with van der Waals surface area (Å²) in [7, 11) is 0. The average Bonchev–Trinajstić information content (AvgIpc) is 2.47. The van der Waals surface area contributed by atoms with Crippen LogP contribution in [0.5, 0.6) is 11.5 Å². The Morgan fingerprint density at radius 3 is 1.96 bits per heavy atom. The number of hydrogen-bond acceptors (Lipinski definition) is 3. The van der Waals surface area contributed by atoms with Crippen molar-refractivity contribution in [3.8, 4) is 22.6 Å². The van der Waals surface area contributed by atoms with E-state index in [1.54, 1.807) is 0 Å². The molecule has 0 aliphatic rings. The highest BCUT2D eigenvalue weighted by Gasteiger charge is 2.18. The summed E-state index contributed by atoms with van der Waals surface area (Å²) in [5.41, 5.74) is 2.36. The monoisotopic (exact) mass is 328 g/mol. The summed E-state index contributed by atoms with van der Waals surface area (Å²) in [6, 6.07) is 13.1. The first kappa shape index (κ1) is 17.9. The minimum Gasteiger partial charge on any atom is -0.490 e. The first-order chi connectivity index (χ1) is 11.4. The highest BCUT2D eigenvalue weighted by molar-refractivity contribution is 5.82. The van der Waals surface area contributed by atoms with Crippen molar-refractivity contribution >= 4 is 5.97 Å². The number of benzene rings is 2. The van der Waals surface area contributed by atoms with Crippen LogP contribution in [0.25, 0.3) is 11.1 Å². The molecule has 0 radical (unpaired) electrons. The molecule has 24 heavy (non-hydrogen) atoms. The predicted octanol–water partition coefficient (Wildman–Crippen LogP) is 4.56. The van der Waals surface area contributed by atoms with Gasteiger partial charge in [-0.05, 0) is 51.0 Å². The molecule has 2 aromatic carbocycles. The Balaban J connectivity index is 2.64. The molecule has 1 N–H and O–H groups in total. The second kappa shape index (κ2) is 7.86. The summed E-state index contributed by atoms with van der Waals surface area (Å²) in [5.74, 6) is 0.526. The number of carboxylic acid groups (broad SMARTS) is 1. The summed E-state index contributed by atoms with van der Waals surface area (Å²) >= 11 is 0. The molecule has 0 spiro atoms. The zero-order valence-corrected chi connectivity index (χ0v) is 14.6. The lowest BCUT2D eigenvalue weighted by molar-refractivity contribution is -0.136. The van der Waals surface area contributed by atoms with Crippen molar-refractivity contribution in [2.75, 3.05) is 0 Å².